The van der Waals surface area contributed by atoms with Crippen LogP contribution in [0.2, 0.25) is 0 Å². The summed E-state index contributed by atoms with van der Waals surface area (Å²) >= 11 is 3.28. The Bertz CT molecular complexity index is 572. The second kappa shape index (κ2) is 4.68. The summed E-state index contributed by atoms with van der Waals surface area (Å²) in [5.41, 5.74) is 0. The van der Waals surface area contributed by atoms with E-state index < -0.39 is 0 Å². The number of nitrogens with zero attached hydrogens (tertiary/aromatic N) is 2. The maximum absolute atomic E-state index is 5.51. The predicted molar refractivity (Wildman–Crippen MR) is 69.3 cm³/mol. The van der Waals surface area contributed by atoms with E-state index in [-0.39, 0.29) is 0 Å². The second-order valence-electron chi connectivity index (χ2n) is 3.32. The molecule has 0 amide bonds. The SMILES string of the molecule is c1csc(CNc2nnc(-c3cccs3)o2)c1. The van der Waals surface area contributed by atoms with Crippen LogP contribution < -0.4 is 5.32 Å². The highest BCUT2D eigenvalue weighted by molar-refractivity contribution is 7.13. The fraction of sp³-hybridized carbons (Fsp3) is 0.0909. The summed E-state index contributed by atoms with van der Waals surface area (Å²) in [7, 11) is 0. The maximum atomic E-state index is 5.51. The van der Waals surface area contributed by atoms with Crippen LogP contribution in [0.5, 0.6) is 0 Å². The number of thiophene rings is 2. The minimum Gasteiger partial charge on any atom is -0.403 e. The number of rotatable bonds is 4. The average molecular weight is 263 g/mol. The first-order valence-electron chi connectivity index (χ1n) is 5.05. The van der Waals surface area contributed by atoms with Gasteiger partial charge in [-0.15, -0.1) is 27.8 Å². The van der Waals surface area contributed by atoms with Crippen LogP contribution in [0.1, 0.15) is 4.88 Å². The first-order valence-corrected chi connectivity index (χ1v) is 6.81. The summed E-state index contributed by atoms with van der Waals surface area (Å²) in [4.78, 5) is 2.22. The van der Waals surface area contributed by atoms with Gasteiger partial charge in [-0.2, -0.15) is 0 Å². The third kappa shape index (κ3) is 2.37. The second-order valence-corrected chi connectivity index (χ2v) is 5.30. The zero-order valence-corrected chi connectivity index (χ0v) is 10.4. The van der Waals surface area contributed by atoms with Gasteiger partial charge in [0.25, 0.3) is 5.89 Å². The number of hydrogen-bond donors (Lipinski definition) is 1. The lowest BCUT2D eigenvalue weighted by Gasteiger charge is -1.96. The Labute approximate surface area is 106 Å². The van der Waals surface area contributed by atoms with Crippen molar-refractivity contribution in [2.75, 3.05) is 5.32 Å². The molecule has 0 aromatic carbocycles. The molecular formula is C11H9N3OS2. The van der Waals surface area contributed by atoms with E-state index in [1.54, 1.807) is 22.7 Å². The highest BCUT2D eigenvalue weighted by atomic mass is 32.1. The van der Waals surface area contributed by atoms with Gasteiger partial charge in [0, 0.05) is 4.88 Å². The Kier molecular flexibility index (Phi) is 2.89. The predicted octanol–water partition coefficient (Wildman–Crippen LogP) is 3.47. The molecule has 0 spiro atoms. The van der Waals surface area contributed by atoms with Crippen molar-refractivity contribution >= 4 is 28.7 Å². The monoisotopic (exact) mass is 263 g/mol. The Balaban J connectivity index is 1.69. The Hall–Kier alpha value is -1.66. The zero-order valence-electron chi connectivity index (χ0n) is 8.79. The first kappa shape index (κ1) is 10.5. The lowest BCUT2D eigenvalue weighted by Crippen LogP contribution is -1.97. The van der Waals surface area contributed by atoms with E-state index in [1.165, 1.54) is 4.88 Å². The summed E-state index contributed by atoms with van der Waals surface area (Å²) in [5, 5.41) is 15.1. The summed E-state index contributed by atoms with van der Waals surface area (Å²) in [5.74, 6) is 0.564. The third-order valence-corrected chi connectivity index (χ3v) is 3.89. The van der Waals surface area contributed by atoms with E-state index in [1.807, 2.05) is 29.0 Å². The number of nitrogens with one attached hydrogen (secondary N) is 1. The molecular weight excluding hydrogens is 254 g/mol. The average Bonchev–Trinajstić information content (AvgIpc) is 3.09. The van der Waals surface area contributed by atoms with E-state index in [4.69, 9.17) is 4.42 Å². The van der Waals surface area contributed by atoms with E-state index in [0.29, 0.717) is 18.5 Å². The fourth-order valence-corrected chi connectivity index (χ4v) is 2.66. The van der Waals surface area contributed by atoms with Gasteiger partial charge >= 0.3 is 6.01 Å². The molecule has 4 nitrogen and oxygen atoms in total. The third-order valence-electron chi connectivity index (χ3n) is 2.15. The van der Waals surface area contributed by atoms with Gasteiger partial charge in [0.1, 0.15) is 0 Å². The van der Waals surface area contributed by atoms with Gasteiger partial charge in [-0.05, 0) is 22.9 Å². The van der Waals surface area contributed by atoms with Crippen LogP contribution in [0.15, 0.2) is 39.4 Å². The quantitative estimate of drug-likeness (QED) is 0.783. The molecule has 0 aliphatic heterocycles. The summed E-state index contributed by atoms with van der Waals surface area (Å²) in [6, 6.07) is 8.46. The van der Waals surface area contributed by atoms with Crippen LogP contribution in [0.25, 0.3) is 10.8 Å². The van der Waals surface area contributed by atoms with Crippen LogP contribution >= 0.6 is 22.7 Å². The van der Waals surface area contributed by atoms with Crippen molar-refractivity contribution in [2.24, 2.45) is 0 Å². The summed E-state index contributed by atoms with van der Waals surface area (Å²) in [6.45, 7) is 0.712. The molecule has 0 saturated heterocycles. The Morgan fingerprint density at radius 3 is 2.76 bits per heavy atom. The minimum absolute atomic E-state index is 0.460. The fourth-order valence-electron chi connectivity index (χ4n) is 1.37. The van der Waals surface area contributed by atoms with Gasteiger partial charge in [0.2, 0.25) is 0 Å². The van der Waals surface area contributed by atoms with Crippen molar-refractivity contribution in [2.45, 2.75) is 6.54 Å². The van der Waals surface area contributed by atoms with Crippen molar-refractivity contribution in [3.63, 3.8) is 0 Å². The normalized spacial score (nSPS) is 10.6. The highest BCUT2D eigenvalue weighted by Crippen LogP contribution is 2.24. The molecule has 6 heteroatoms. The van der Waals surface area contributed by atoms with Crippen LogP contribution in [0, 0.1) is 0 Å². The number of anilines is 1. The molecule has 3 aromatic rings. The van der Waals surface area contributed by atoms with Gasteiger partial charge in [-0.25, -0.2) is 0 Å². The molecule has 0 saturated carbocycles. The minimum atomic E-state index is 0.460. The Morgan fingerprint density at radius 1 is 1.12 bits per heavy atom. The molecule has 0 bridgehead atoms. The molecule has 0 aliphatic carbocycles. The van der Waals surface area contributed by atoms with Crippen molar-refractivity contribution in [1.29, 1.82) is 0 Å². The topological polar surface area (TPSA) is 51.0 Å². The number of aromatic nitrogens is 2. The van der Waals surface area contributed by atoms with E-state index in [2.05, 4.69) is 21.6 Å². The number of hydrogen-bond acceptors (Lipinski definition) is 6. The lowest BCUT2D eigenvalue weighted by atomic mass is 10.5. The molecule has 86 valence electrons. The summed E-state index contributed by atoms with van der Waals surface area (Å²) < 4.78 is 5.51. The van der Waals surface area contributed by atoms with E-state index in [0.717, 1.165) is 4.88 Å². The van der Waals surface area contributed by atoms with Crippen molar-refractivity contribution < 1.29 is 4.42 Å². The van der Waals surface area contributed by atoms with Crippen LogP contribution in [0.4, 0.5) is 6.01 Å². The van der Waals surface area contributed by atoms with Crippen LogP contribution in [-0.4, -0.2) is 10.2 Å². The molecule has 0 fully saturated rings. The van der Waals surface area contributed by atoms with Gasteiger partial charge in [0.05, 0.1) is 11.4 Å². The first-order chi connectivity index (χ1) is 8.42. The molecule has 1 N–H and O–H groups in total. The lowest BCUT2D eigenvalue weighted by molar-refractivity contribution is 0.582. The molecule has 3 rings (SSSR count). The molecule has 0 aliphatic rings. The van der Waals surface area contributed by atoms with Crippen LogP contribution in [-0.2, 0) is 6.54 Å². The molecule has 0 unspecified atom stereocenters. The van der Waals surface area contributed by atoms with E-state index >= 15 is 0 Å². The van der Waals surface area contributed by atoms with Gasteiger partial charge < -0.3 is 9.73 Å². The molecule has 17 heavy (non-hydrogen) atoms. The maximum Gasteiger partial charge on any atom is 0.316 e. The molecule has 0 radical (unpaired) electrons. The van der Waals surface area contributed by atoms with Gasteiger partial charge in [0.15, 0.2) is 0 Å². The highest BCUT2D eigenvalue weighted by Gasteiger charge is 2.08. The standard InChI is InChI=1S/C11H9N3OS2/c1-3-8(16-5-1)7-12-11-14-13-10(15-11)9-4-2-6-17-9/h1-6H,7H2,(H,12,14). The van der Waals surface area contributed by atoms with Crippen molar-refractivity contribution in [3.8, 4) is 10.8 Å². The van der Waals surface area contributed by atoms with Crippen LogP contribution in [0.3, 0.4) is 0 Å². The smallest absolute Gasteiger partial charge is 0.316 e. The largest absolute Gasteiger partial charge is 0.403 e. The van der Waals surface area contributed by atoms with Crippen molar-refractivity contribution in [1.82, 2.24) is 10.2 Å². The Morgan fingerprint density at radius 2 is 2.00 bits per heavy atom. The van der Waals surface area contributed by atoms with E-state index in [9.17, 15) is 0 Å². The molecule has 0 atom stereocenters. The molecule has 3 aromatic heterocycles. The zero-order chi connectivity index (χ0) is 11.5. The van der Waals surface area contributed by atoms with Crippen molar-refractivity contribution in [3.05, 3.63) is 39.9 Å². The summed E-state index contributed by atoms with van der Waals surface area (Å²) in [6.07, 6.45) is 0. The van der Waals surface area contributed by atoms with Gasteiger partial charge in [-0.3, -0.25) is 0 Å². The molecule has 3 heterocycles. The van der Waals surface area contributed by atoms with Gasteiger partial charge in [-0.1, -0.05) is 17.2 Å².